The number of benzene rings is 1. The minimum atomic E-state index is -3.30. The molecule has 1 aromatic rings. The van der Waals surface area contributed by atoms with E-state index in [1.54, 1.807) is 24.3 Å². The summed E-state index contributed by atoms with van der Waals surface area (Å²) in [5.41, 5.74) is 0.556. The minimum Gasteiger partial charge on any atom is -0.315 e. The van der Waals surface area contributed by atoms with Gasteiger partial charge in [-0.1, -0.05) is 11.6 Å². The van der Waals surface area contributed by atoms with Gasteiger partial charge in [-0.15, -0.1) is 0 Å². The molecule has 2 rings (SSSR count). The summed E-state index contributed by atoms with van der Waals surface area (Å²) in [5, 5.41) is 3.33. The SMILES string of the molecule is O=S(=O)(Nc1ccc(Cl)cc1)C1CCCNC1. The van der Waals surface area contributed by atoms with Crippen LogP contribution in [-0.2, 0) is 10.0 Å². The molecule has 1 saturated heterocycles. The van der Waals surface area contributed by atoms with Crippen LogP contribution in [0.15, 0.2) is 24.3 Å². The zero-order valence-corrected chi connectivity index (χ0v) is 10.9. The van der Waals surface area contributed by atoms with Crippen LogP contribution < -0.4 is 10.0 Å². The summed E-state index contributed by atoms with van der Waals surface area (Å²) in [6.45, 7) is 1.41. The fourth-order valence-electron chi connectivity index (χ4n) is 1.85. The molecule has 1 unspecified atom stereocenters. The predicted octanol–water partition coefficient (Wildman–Crippen LogP) is 1.83. The smallest absolute Gasteiger partial charge is 0.236 e. The van der Waals surface area contributed by atoms with Gasteiger partial charge in [-0.25, -0.2) is 8.42 Å². The number of anilines is 1. The number of sulfonamides is 1. The molecule has 1 heterocycles. The Bertz CT molecular complexity index is 467. The lowest BCUT2D eigenvalue weighted by Crippen LogP contribution is -2.41. The van der Waals surface area contributed by atoms with Crippen molar-refractivity contribution in [3.05, 3.63) is 29.3 Å². The zero-order valence-electron chi connectivity index (χ0n) is 9.32. The molecule has 6 heteroatoms. The Hall–Kier alpha value is -0.780. The maximum absolute atomic E-state index is 12.1. The average molecular weight is 275 g/mol. The van der Waals surface area contributed by atoms with Gasteiger partial charge >= 0.3 is 0 Å². The number of hydrogen-bond acceptors (Lipinski definition) is 3. The maximum atomic E-state index is 12.1. The van der Waals surface area contributed by atoms with Gasteiger partial charge in [0.15, 0.2) is 0 Å². The van der Waals surface area contributed by atoms with Crippen LogP contribution in [0.25, 0.3) is 0 Å². The molecular weight excluding hydrogens is 260 g/mol. The van der Waals surface area contributed by atoms with E-state index in [9.17, 15) is 8.42 Å². The number of piperidine rings is 1. The van der Waals surface area contributed by atoms with Crippen LogP contribution in [0, 0.1) is 0 Å². The van der Waals surface area contributed by atoms with Gasteiger partial charge in [-0.3, -0.25) is 4.72 Å². The summed E-state index contributed by atoms with van der Waals surface area (Å²) in [5.74, 6) is 0. The first-order chi connectivity index (χ1) is 8.08. The fourth-order valence-corrected chi connectivity index (χ4v) is 3.42. The van der Waals surface area contributed by atoms with E-state index in [1.807, 2.05) is 0 Å². The van der Waals surface area contributed by atoms with Crippen molar-refractivity contribution >= 4 is 27.3 Å². The van der Waals surface area contributed by atoms with Crippen LogP contribution in [0.5, 0.6) is 0 Å². The molecule has 0 aliphatic carbocycles. The van der Waals surface area contributed by atoms with Crippen LogP contribution in [0.4, 0.5) is 5.69 Å². The van der Waals surface area contributed by atoms with E-state index in [0.29, 0.717) is 23.7 Å². The van der Waals surface area contributed by atoms with Crippen molar-refractivity contribution in [2.45, 2.75) is 18.1 Å². The Morgan fingerprint density at radius 3 is 2.59 bits per heavy atom. The van der Waals surface area contributed by atoms with Gasteiger partial charge in [-0.05, 0) is 43.7 Å². The van der Waals surface area contributed by atoms with Gasteiger partial charge in [0.1, 0.15) is 0 Å². The van der Waals surface area contributed by atoms with E-state index >= 15 is 0 Å². The summed E-state index contributed by atoms with van der Waals surface area (Å²) in [4.78, 5) is 0. The summed E-state index contributed by atoms with van der Waals surface area (Å²) < 4.78 is 26.7. The molecule has 0 bridgehead atoms. The third kappa shape index (κ3) is 3.34. The standard InChI is InChI=1S/C11H15ClN2O2S/c12-9-3-5-10(6-4-9)14-17(15,16)11-2-1-7-13-8-11/h3-6,11,13-14H,1-2,7-8H2. The molecule has 4 nitrogen and oxygen atoms in total. The molecule has 1 aliphatic heterocycles. The van der Waals surface area contributed by atoms with E-state index in [0.717, 1.165) is 13.0 Å². The van der Waals surface area contributed by atoms with E-state index in [2.05, 4.69) is 10.0 Å². The first kappa shape index (κ1) is 12.7. The molecule has 0 spiro atoms. The van der Waals surface area contributed by atoms with Crippen molar-refractivity contribution in [2.24, 2.45) is 0 Å². The predicted molar refractivity (Wildman–Crippen MR) is 69.9 cm³/mol. The molecule has 0 saturated carbocycles. The van der Waals surface area contributed by atoms with Crippen LogP contribution in [0.2, 0.25) is 5.02 Å². The third-order valence-electron chi connectivity index (χ3n) is 2.79. The molecule has 0 amide bonds. The van der Waals surface area contributed by atoms with Gasteiger partial charge in [0.25, 0.3) is 0 Å². The van der Waals surface area contributed by atoms with Gasteiger partial charge in [0.2, 0.25) is 10.0 Å². The van der Waals surface area contributed by atoms with Crippen molar-refractivity contribution in [3.63, 3.8) is 0 Å². The second-order valence-corrected chi connectivity index (χ2v) is 6.52. The number of rotatable bonds is 3. The lowest BCUT2D eigenvalue weighted by atomic mass is 10.2. The largest absolute Gasteiger partial charge is 0.315 e. The van der Waals surface area contributed by atoms with Crippen molar-refractivity contribution in [3.8, 4) is 0 Å². The summed E-state index contributed by atoms with van der Waals surface area (Å²) in [7, 11) is -3.30. The van der Waals surface area contributed by atoms with E-state index in [4.69, 9.17) is 11.6 Å². The third-order valence-corrected chi connectivity index (χ3v) is 4.85. The highest BCUT2D eigenvalue weighted by atomic mass is 35.5. The van der Waals surface area contributed by atoms with Crippen molar-refractivity contribution < 1.29 is 8.42 Å². The Labute approximate surface area is 106 Å². The maximum Gasteiger partial charge on any atom is 0.236 e. The van der Waals surface area contributed by atoms with Crippen LogP contribution in [0.3, 0.4) is 0 Å². The Kier molecular flexibility index (Phi) is 3.91. The van der Waals surface area contributed by atoms with Crippen LogP contribution in [-0.4, -0.2) is 26.8 Å². The fraction of sp³-hybridized carbons (Fsp3) is 0.455. The molecule has 1 aromatic carbocycles. The quantitative estimate of drug-likeness (QED) is 0.884. The molecular formula is C11H15ClN2O2S. The summed E-state index contributed by atoms with van der Waals surface area (Å²) in [6, 6.07) is 6.66. The number of halogens is 1. The second kappa shape index (κ2) is 5.25. The lowest BCUT2D eigenvalue weighted by molar-refractivity contribution is 0.499. The van der Waals surface area contributed by atoms with Gasteiger partial charge in [-0.2, -0.15) is 0 Å². The van der Waals surface area contributed by atoms with Crippen molar-refractivity contribution in [2.75, 3.05) is 17.8 Å². The molecule has 17 heavy (non-hydrogen) atoms. The van der Waals surface area contributed by atoms with E-state index < -0.39 is 10.0 Å². The Balaban J connectivity index is 2.08. The lowest BCUT2D eigenvalue weighted by Gasteiger charge is -2.23. The van der Waals surface area contributed by atoms with Gasteiger partial charge < -0.3 is 5.32 Å². The zero-order chi connectivity index (χ0) is 12.3. The van der Waals surface area contributed by atoms with E-state index in [1.165, 1.54) is 0 Å². The monoisotopic (exact) mass is 274 g/mol. The Morgan fingerprint density at radius 2 is 2.00 bits per heavy atom. The summed E-state index contributed by atoms with van der Waals surface area (Å²) in [6.07, 6.45) is 1.60. The van der Waals surface area contributed by atoms with Gasteiger partial charge in [0, 0.05) is 17.3 Å². The van der Waals surface area contributed by atoms with Crippen LogP contribution >= 0.6 is 11.6 Å². The molecule has 0 aromatic heterocycles. The molecule has 2 N–H and O–H groups in total. The van der Waals surface area contributed by atoms with Crippen molar-refractivity contribution in [1.82, 2.24) is 5.32 Å². The van der Waals surface area contributed by atoms with Crippen LogP contribution in [0.1, 0.15) is 12.8 Å². The minimum absolute atomic E-state index is 0.355. The number of nitrogens with one attached hydrogen (secondary N) is 2. The molecule has 0 radical (unpaired) electrons. The highest BCUT2D eigenvalue weighted by Gasteiger charge is 2.26. The normalized spacial score (nSPS) is 21.1. The van der Waals surface area contributed by atoms with Crippen molar-refractivity contribution in [1.29, 1.82) is 0 Å². The first-order valence-electron chi connectivity index (χ1n) is 5.56. The second-order valence-electron chi connectivity index (χ2n) is 4.12. The summed E-state index contributed by atoms with van der Waals surface area (Å²) >= 11 is 5.74. The molecule has 1 fully saturated rings. The highest BCUT2D eigenvalue weighted by Crippen LogP contribution is 2.18. The first-order valence-corrected chi connectivity index (χ1v) is 7.48. The topological polar surface area (TPSA) is 58.2 Å². The molecule has 1 aliphatic rings. The Morgan fingerprint density at radius 1 is 1.29 bits per heavy atom. The highest BCUT2D eigenvalue weighted by molar-refractivity contribution is 7.93. The van der Waals surface area contributed by atoms with E-state index in [-0.39, 0.29) is 5.25 Å². The average Bonchev–Trinajstić information content (AvgIpc) is 2.33. The number of hydrogen-bond donors (Lipinski definition) is 2. The van der Waals surface area contributed by atoms with Gasteiger partial charge in [0.05, 0.1) is 5.25 Å². The molecule has 1 atom stereocenters. The molecule has 94 valence electrons.